The molecule has 0 radical (unpaired) electrons. The van der Waals surface area contributed by atoms with Gasteiger partial charge in [-0.1, -0.05) is 36.4 Å². The number of rotatable bonds is 10. The first-order valence-electron chi connectivity index (χ1n) is 11.0. The van der Waals surface area contributed by atoms with E-state index in [2.05, 4.69) is 29.2 Å². The predicted molar refractivity (Wildman–Crippen MR) is 130 cm³/mol. The van der Waals surface area contributed by atoms with Gasteiger partial charge in [-0.05, 0) is 67.3 Å². The van der Waals surface area contributed by atoms with E-state index in [4.69, 9.17) is 19.9 Å². The summed E-state index contributed by atoms with van der Waals surface area (Å²) >= 11 is 0. The highest BCUT2D eigenvalue weighted by atomic mass is 16.5. The molecule has 0 saturated carbocycles. The highest BCUT2D eigenvalue weighted by Crippen LogP contribution is 2.42. The van der Waals surface area contributed by atoms with Gasteiger partial charge in [0.05, 0.1) is 25.5 Å². The Balaban J connectivity index is 1.77. The van der Waals surface area contributed by atoms with Gasteiger partial charge in [0.25, 0.3) is 0 Å². The summed E-state index contributed by atoms with van der Waals surface area (Å²) in [6, 6.07) is 22.3. The lowest BCUT2D eigenvalue weighted by Gasteiger charge is -2.14. The minimum Gasteiger partial charge on any atom is -0.496 e. The van der Waals surface area contributed by atoms with Crippen LogP contribution in [-0.4, -0.2) is 25.7 Å². The van der Waals surface area contributed by atoms with Crippen LogP contribution in [0.15, 0.2) is 66.7 Å². The number of unbranched alkanes of at least 4 members (excludes halogenated alkanes) is 1. The van der Waals surface area contributed by atoms with Crippen LogP contribution in [0.2, 0.25) is 0 Å². The Morgan fingerprint density at radius 1 is 0.844 bits per heavy atom. The molecule has 0 bridgehead atoms. The van der Waals surface area contributed by atoms with Crippen LogP contribution in [0.1, 0.15) is 24.0 Å². The SMILES string of the molecule is COc1cccc(OC)c1-c1[nH]c2ccc(OCc3ccccc3)cc2c1CCCCN. The Morgan fingerprint density at radius 3 is 2.28 bits per heavy atom. The van der Waals surface area contributed by atoms with Gasteiger partial charge in [0.15, 0.2) is 0 Å². The Kier molecular flexibility index (Phi) is 6.97. The molecule has 3 N–H and O–H groups in total. The van der Waals surface area contributed by atoms with Crippen LogP contribution < -0.4 is 19.9 Å². The van der Waals surface area contributed by atoms with Crippen molar-refractivity contribution in [3.8, 4) is 28.5 Å². The molecule has 4 rings (SSSR count). The Morgan fingerprint density at radius 2 is 1.59 bits per heavy atom. The van der Waals surface area contributed by atoms with E-state index in [1.807, 2.05) is 42.5 Å². The lowest BCUT2D eigenvalue weighted by atomic mass is 9.99. The number of nitrogens with two attached hydrogens (primary N) is 1. The van der Waals surface area contributed by atoms with E-state index in [1.165, 1.54) is 5.56 Å². The van der Waals surface area contributed by atoms with E-state index in [0.29, 0.717) is 13.2 Å². The third kappa shape index (κ3) is 4.58. The molecule has 1 heterocycles. The first kappa shape index (κ1) is 21.8. The number of benzene rings is 3. The second-order valence-electron chi connectivity index (χ2n) is 7.74. The smallest absolute Gasteiger partial charge is 0.131 e. The van der Waals surface area contributed by atoms with Gasteiger partial charge in [-0.2, -0.15) is 0 Å². The molecule has 0 saturated heterocycles. The number of ether oxygens (including phenoxy) is 3. The van der Waals surface area contributed by atoms with E-state index in [-0.39, 0.29) is 0 Å². The molecule has 0 spiro atoms. The first-order valence-corrected chi connectivity index (χ1v) is 11.0. The van der Waals surface area contributed by atoms with Crippen molar-refractivity contribution in [3.63, 3.8) is 0 Å². The molecule has 0 unspecified atom stereocenters. The zero-order valence-corrected chi connectivity index (χ0v) is 18.7. The highest BCUT2D eigenvalue weighted by Gasteiger charge is 2.20. The maximum atomic E-state index is 6.10. The molecule has 0 fully saturated rings. The molecule has 166 valence electrons. The molecule has 3 aromatic carbocycles. The van der Waals surface area contributed by atoms with Crippen LogP contribution in [0.3, 0.4) is 0 Å². The number of methoxy groups -OCH3 is 2. The molecule has 0 aliphatic heterocycles. The van der Waals surface area contributed by atoms with Crippen molar-refractivity contribution < 1.29 is 14.2 Å². The molecular formula is C27H30N2O3. The van der Waals surface area contributed by atoms with Gasteiger partial charge in [0.1, 0.15) is 23.9 Å². The number of aryl methyl sites for hydroxylation is 1. The molecule has 32 heavy (non-hydrogen) atoms. The lowest BCUT2D eigenvalue weighted by molar-refractivity contribution is 0.306. The maximum Gasteiger partial charge on any atom is 0.131 e. The van der Waals surface area contributed by atoms with E-state index in [1.54, 1.807) is 14.2 Å². The first-order chi connectivity index (χ1) is 15.7. The quantitative estimate of drug-likeness (QED) is 0.316. The molecule has 0 aliphatic rings. The number of fused-ring (bicyclic) bond motifs is 1. The van der Waals surface area contributed by atoms with Gasteiger partial charge in [-0.25, -0.2) is 0 Å². The molecular weight excluding hydrogens is 400 g/mol. The average molecular weight is 431 g/mol. The van der Waals surface area contributed by atoms with Crippen molar-refractivity contribution in [1.82, 2.24) is 4.98 Å². The Labute approximate surface area is 189 Å². The molecule has 0 aliphatic carbocycles. The molecule has 0 amide bonds. The third-order valence-electron chi connectivity index (χ3n) is 5.68. The zero-order chi connectivity index (χ0) is 22.3. The summed E-state index contributed by atoms with van der Waals surface area (Å²) in [5.74, 6) is 2.40. The summed E-state index contributed by atoms with van der Waals surface area (Å²) in [6.45, 7) is 1.22. The topological polar surface area (TPSA) is 69.5 Å². The van der Waals surface area contributed by atoms with Crippen LogP contribution in [0, 0.1) is 0 Å². The van der Waals surface area contributed by atoms with E-state index in [9.17, 15) is 0 Å². The second kappa shape index (κ2) is 10.2. The Hall–Kier alpha value is -3.44. The fraction of sp³-hybridized carbons (Fsp3) is 0.259. The van der Waals surface area contributed by atoms with Gasteiger partial charge in [0.2, 0.25) is 0 Å². The zero-order valence-electron chi connectivity index (χ0n) is 18.7. The second-order valence-corrected chi connectivity index (χ2v) is 7.74. The molecule has 5 heteroatoms. The summed E-state index contributed by atoms with van der Waals surface area (Å²) in [5.41, 5.74) is 11.2. The average Bonchev–Trinajstić information content (AvgIpc) is 3.20. The van der Waals surface area contributed by atoms with Crippen LogP contribution in [0.5, 0.6) is 17.2 Å². The van der Waals surface area contributed by atoms with E-state index >= 15 is 0 Å². The van der Waals surface area contributed by atoms with Crippen LogP contribution in [-0.2, 0) is 13.0 Å². The van der Waals surface area contributed by atoms with Gasteiger partial charge >= 0.3 is 0 Å². The summed E-state index contributed by atoms with van der Waals surface area (Å²) in [7, 11) is 3.37. The highest BCUT2D eigenvalue weighted by molar-refractivity contribution is 5.94. The standard InChI is InChI=1S/C27H30N2O3/c1-30-24-12-8-13-25(31-2)26(24)27-21(11-6-7-16-28)22-17-20(14-15-23(22)29-27)32-18-19-9-4-3-5-10-19/h3-5,8-10,12-15,17,29H,6-7,11,16,18,28H2,1-2H3. The third-order valence-corrected chi connectivity index (χ3v) is 5.68. The molecule has 1 aromatic heterocycles. The summed E-state index contributed by atoms with van der Waals surface area (Å²) in [5, 5.41) is 1.15. The molecule has 5 nitrogen and oxygen atoms in total. The van der Waals surface area contributed by atoms with Crippen molar-refractivity contribution in [1.29, 1.82) is 0 Å². The number of hydrogen-bond donors (Lipinski definition) is 2. The van der Waals surface area contributed by atoms with Gasteiger partial charge in [-0.3, -0.25) is 0 Å². The van der Waals surface area contributed by atoms with E-state index in [0.717, 1.165) is 64.2 Å². The fourth-order valence-corrected chi connectivity index (χ4v) is 4.07. The summed E-state index contributed by atoms with van der Waals surface area (Å²) < 4.78 is 17.5. The van der Waals surface area contributed by atoms with Gasteiger partial charge in [0, 0.05) is 10.9 Å². The van der Waals surface area contributed by atoms with Crippen LogP contribution in [0.4, 0.5) is 0 Å². The van der Waals surface area contributed by atoms with Crippen molar-refractivity contribution in [2.45, 2.75) is 25.9 Å². The van der Waals surface area contributed by atoms with Crippen molar-refractivity contribution in [2.75, 3.05) is 20.8 Å². The van der Waals surface area contributed by atoms with Gasteiger partial charge in [-0.15, -0.1) is 0 Å². The number of hydrogen-bond acceptors (Lipinski definition) is 4. The Bertz CT molecular complexity index is 1150. The largest absolute Gasteiger partial charge is 0.496 e. The number of aromatic amines is 1. The van der Waals surface area contributed by atoms with E-state index < -0.39 is 0 Å². The van der Waals surface area contributed by atoms with Crippen molar-refractivity contribution in [3.05, 3.63) is 77.9 Å². The van der Waals surface area contributed by atoms with Crippen molar-refractivity contribution >= 4 is 10.9 Å². The molecule has 4 aromatic rings. The number of H-pyrrole nitrogens is 1. The predicted octanol–water partition coefficient (Wildman–Crippen LogP) is 5.71. The normalized spacial score (nSPS) is 11.0. The maximum absolute atomic E-state index is 6.10. The summed E-state index contributed by atoms with van der Waals surface area (Å²) in [6.07, 6.45) is 2.87. The monoisotopic (exact) mass is 430 g/mol. The van der Waals surface area contributed by atoms with Crippen LogP contribution in [0.25, 0.3) is 22.2 Å². The number of aromatic nitrogens is 1. The molecule has 0 atom stereocenters. The van der Waals surface area contributed by atoms with Gasteiger partial charge < -0.3 is 24.9 Å². The minimum absolute atomic E-state index is 0.534. The fourth-order valence-electron chi connectivity index (χ4n) is 4.07. The van der Waals surface area contributed by atoms with Crippen molar-refractivity contribution in [2.24, 2.45) is 5.73 Å². The van der Waals surface area contributed by atoms with Crippen LogP contribution >= 0.6 is 0 Å². The minimum atomic E-state index is 0.534. The number of nitrogens with one attached hydrogen (secondary N) is 1. The summed E-state index contributed by atoms with van der Waals surface area (Å²) in [4.78, 5) is 3.61. The lowest BCUT2D eigenvalue weighted by Crippen LogP contribution is -2.00.